The van der Waals surface area contributed by atoms with Gasteiger partial charge in [-0.25, -0.2) is 0 Å². The van der Waals surface area contributed by atoms with Crippen LogP contribution in [0, 0.1) is 23.2 Å². The lowest BCUT2D eigenvalue weighted by atomic mass is 9.66. The number of aryl methyl sites for hydroxylation is 1. The minimum absolute atomic E-state index is 0.0501. The summed E-state index contributed by atoms with van der Waals surface area (Å²) in [5.74, 6) is 2.58. The highest BCUT2D eigenvalue weighted by atomic mass is 16.5. The summed E-state index contributed by atoms with van der Waals surface area (Å²) >= 11 is 0. The molecule has 0 radical (unpaired) electrons. The molecular formula is C26H37NO. The fraction of sp³-hybridized carbons (Fsp3) is 0.654. The van der Waals surface area contributed by atoms with Gasteiger partial charge in [-0.1, -0.05) is 37.3 Å². The van der Waals surface area contributed by atoms with Crippen molar-refractivity contribution in [3.63, 3.8) is 0 Å². The number of allylic oxidation sites excluding steroid dienone is 2. The van der Waals surface area contributed by atoms with Crippen molar-refractivity contribution >= 4 is 0 Å². The standard InChI is InChI=1S/C26H37NO/c1-3-21-7-9-22(10-8-21)23-11-13-24(14-12-23)25-15-18-26(28-2,19-16-25)17-5-4-6-20-27/h4,6-10,23-25H,3,5,11-19H2,1-2H3/t23-,24-,25-,26+. The first kappa shape index (κ1) is 21.1. The molecule has 0 bridgehead atoms. The lowest BCUT2D eigenvalue weighted by molar-refractivity contribution is -0.0614. The molecule has 1 aromatic carbocycles. The van der Waals surface area contributed by atoms with Gasteiger partial charge in [0.05, 0.1) is 11.7 Å². The van der Waals surface area contributed by atoms with E-state index in [2.05, 4.69) is 37.3 Å². The van der Waals surface area contributed by atoms with Gasteiger partial charge >= 0.3 is 0 Å². The third-order valence-electron chi connectivity index (χ3n) is 7.63. The largest absolute Gasteiger partial charge is 0.378 e. The molecule has 3 rings (SSSR count). The SMILES string of the molecule is CCc1ccc([C@H]2CC[C@H]([C@H]3CC[C@@](CCC=CC#N)(OC)CC3)CC2)cc1. The van der Waals surface area contributed by atoms with E-state index in [9.17, 15) is 0 Å². The highest BCUT2D eigenvalue weighted by Gasteiger charge is 2.38. The second kappa shape index (κ2) is 10.3. The van der Waals surface area contributed by atoms with Crippen molar-refractivity contribution in [1.82, 2.24) is 0 Å². The molecule has 2 saturated carbocycles. The van der Waals surface area contributed by atoms with Crippen molar-refractivity contribution in [2.75, 3.05) is 7.11 Å². The predicted octanol–water partition coefficient (Wildman–Crippen LogP) is 6.96. The summed E-state index contributed by atoms with van der Waals surface area (Å²) < 4.78 is 5.97. The van der Waals surface area contributed by atoms with Crippen molar-refractivity contribution in [2.24, 2.45) is 11.8 Å². The summed E-state index contributed by atoms with van der Waals surface area (Å²) in [4.78, 5) is 0. The minimum atomic E-state index is 0.0501. The van der Waals surface area contributed by atoms with Gasteiger partial charge in [0.1, 0.15) is 0 Å². The third-order valence-corrected chi connectivity index (χ3v) is 7.63. The number of benzene rings is 1. The molecule has 2 heteroatoms. The van der Waals surface area contributed by atoms with Crippen molar-refractivity contribution in [1.29, 1.82) is 5.26 Å². The van der Waals surface area contributed by atoms with E-state index < -0.39 is 0 Å². The maximum absolute atomic E-state index is 8.65. The molecule has 28 heavy (non-hydrogen) atoms. The molecule has 0 N–H and O–H groups in total. The van der Waals surface area contributed by atoms with Crippen LogP contribution >= 0.6 is 0 Å². The molecule has 2 fully saturated rings. The first-order chi connectivity index (χ1) is 13.7. The molecule has 0 atom stereocenters. The maximum Gasteiger partial charge on any atom is 0.0908 e. The molecule has 0 aliphatic heterocycles. The van der Waals surface area contributed by atoms with Gasteiger partial charge in [0.2, 0.25) is 0 Å². The first-order valence-corrected chi connectivity index (χ1v) is 11.4. The molecule has 0 heterocycles. The van der Waals surface area contributed by atoms with Gasteiger partial charge in [-0.05, 0) is 99.5 Å². The van der Waals surface area contributed by atoms with Crippen LogP contribution in [0.1, 0.15) is 88.2 Å². The molecule has 2 nitrogen and oxygen atoms in total. The average molecular weight is 380 g/mol. The molecular weight excluding hydrogens is 342 g/mol. The van der Waals surface area contributed by atoms with Crippen molar-refractivity contribution in [2.45, 2.75) is 89.1 Å². The summed E-state index contributed by atoms with van der Waals surface area (Å²) in [6, 6.07) is 11.5. The van der Waals surface area contributed by atoms with Crippen LogP contribution in [0.5, 0.6) is 0 Å². The van der Waals surface area contributed by atoms with Crippen LogP contribution < -0.4 is 0 Å². The van der Waals surface area contributed by atoms with Gasteiger partial charge in [0.25, 0.3) is 0 Å². The van der Waals surface area contributed by atoms with E-state index in [0.717, 1.165) is 37.0 Å². The summed E-state index contributed by atoms with van der Waals surface area (Å²) in [5.41, 5.74) is 3.06. The molecule has 0 spiro atoms. The van der Waals surface area contributed by atoms with Crippen molar-refractivity contribution in [3.8, 4) is 6.07 Å². The van der Waals surface area contributed by atoms with Crippen LogP contribution in [0.15, 0.2) is 36.4 Å². The van der Waals surface area contributed by atoms with Crippen LogP contribution in [0.3, 0.4) is 0 Å². The number of rotatable bonds is 7. The van der Waals surface area contributed by atoms with E-state index in [1.807, 2.05) is 13.2 Å². The average Bonchev–Trinajstić information content (AvgIpc) is 2.77. The smallest absolute Gasteiger partial charge is 0.0908 e. The van der Waals surface area contributed by atoms with Gasteiger partial charge in [0.15, 0.2) is 0 Å². The second-order valence-electron chi connectivity index (χ2n) is 9.00. The molecule has 1 aromatic rings. The summed E-state index contributed by atoms with van der Waals surface area (Å²) in [5, 5.41) is 8.65. The Morgan fingerprint density at radius 3 is 2.25 bits per heavy atom. The van der Waals surface area contributed by atoms with Crippen LogP contribution in [-0.2, 0) is 11.2 Å². The summed E-state index contributed by atoms with van der Waals surface area (Å²) in [6.45, 7) is 2.23. The Morgan fingerprint density at radius 2 is 1.68 bits per heavy atom. The number of methoxy groups -OCH3 is 1. The fourth-order valence-electron chi connectivity index (χ4n) is 5.63. The van der Waals surface area contributed by atoms with E-state index >= 15 is 0 Å². The summed E-state index contributed by atoms with van der Waals surface area (Å²) in [7, 11) is 1.88. The van der Waals surface area contributed by atoms with Crippen LogP contribution in [0.25, 0.3) is 0 Å². The Labute approximate surface area is 172 Å². The van der Waals surface area contributed by atoms with E-state index in [1.54, 1.807) is 11.6 Å². The Hall–Kier alpha value is -1.59. The number of nitriles is 1. The van der Waals surface area contributed by atoms with Gasteiger partial charge in [0, 0.05) is 13.2 Å². The molecule has 0 aromatic heterocycles. The fourth-order valence-corrected chi connectivity index (χ4v) is 5.63. The quantitative estimate of drug-likeness (QED) is 0.480. The Bertz CT molecular complexity index is 653. The topological polar surface area (TPSA) is 33.0 Å². The lowest BCUT2D eigenvalue weighted by Crippen LogP contribution is -2.38. The Balaban J connectivity index is 1.46. The van der Waals surface area contributed by atoms with Gasteiger partial charge in [-0.2, -0.15) is 5.26 Å². The maximum atomic E-state index is 8.65. The van der Waals surface area contributed by atoms with E-state index in [4.69, 9.17) is 10.00 Å². The Morgan fingerprint density at radius 1 is 1.04 bits per heavy atom. The molecule has 0 amide bonds. The van der Waals surface area contributed by atoms with Gasteiger partial charge < -0.3 is 4.74 Å². The monoisotopic (exact) mass is 379 g/mol. The zero-order valence-electron chi connectivity index (χ0n) is 17.8. The number of hydrogen-bond acceptors (Lipinski definition) is 2. The zero-order valence-corrected chi connectivity index (χ0v) is 17.8. The molecule has 2 aliphatic carbocycles. The normalized spacial score (nSPS) is 31.0. The molecule has 0 saturated heterocycles. The Kier molecular flexibility index (Phi) is 7.74. The van der Waals surface area contributed by atoms with Gasteiger partial charge in [-0.15, -0.1) is 0 Å². The minimum Gasteiger partial charge on any atom is -0.378 e. The van der Waals surface area contributed by atoms with E-state index in [1.165, 1.54) is 56.9 Å². The van der Waals surface area contributed by atoms with E-state index in [-0.39, 0.29) is 5.60 Å². The van der Waals surface area contributed by atoms with Crippen molar-refractivity contribution < 1.29 is 4.74 Å². The van der Waals surface area contributed by atoms with Crippen LogP contribution in [-0.4, -0.2) is 12.7 Å². The molecule has 0 unspecified atom stereocenters. The van der Waals surface area contributed by atoms with Crippen molar-refractivity contribution in [3.05, 3.63) is 47.5 Å². The lowest BCUT2D eigenvalue weighted by Gasteiger charge is -2.43. The number of nitrogens with zero attached hydrogens (tertiary/aromatic N) is 1. The first-order valence-electron chi connectivity index (χ1n) is 11.4. The molecule has 2 aliphatic rings. The van der Waals surface area contributed by atoms with E-state index in [0.29, 0.717) is 0 Å². The molecule has 152 valence electrons. The predicted molar refractivity (Wildman–Crippen MR) is 116 cm³/mol. The van der Waals surface area contributed by atoms with Crippen LogP contribution in [0.4, 0.5) is 0 Å². The van der Waals surface area contributed by atoms with Gasteiger partial charge in [-0.3, -0.25) is 0 Å². The van der Waals surface area contributed by atoms with Crippen LogP contribution in [0.2, 0.25) is 0 Å². The number of hydrogen-bond donors (Lipinski definition) is 0. The third kappa shape index (κ3) is 5.26. The summed E-state index contributed by atoms with van der Waals surface area (Å²) in [6.07, 6.45) is 17.2. The number of ether oxygens (including phenoxy) is 1. The highest BCUT2D eigenvalue weighted by Crippen LogP contribution is 2.46. The second-order valence-corrected chi connectivity index (χ2v) is 9.00. The zero-order chi connectivity index (χ0) is 19.8. The highest BCUT2D eigenvalue weighted by molar-refractivity contribution is 5.25.